The highest BCUT2D eigenvalue weighted by atomic mass is 32.1. The first-order chi connectivity index (χ1) is 7.86. The van der Waals surface area contributed by atoms with E-state index in [1.165, 1.54) is 16.2 Å². The Morgan fingerprint density at radius 2 is 2.25 bits per heavy atom. The van der Waals surface area contributed by atoms with Crippen molar-refractivity contribution in [2.45, 2.75) is 32.9 Å². The molecule has 0 aliphatic rings. The van der Waals surface area contributed by atoms with E-state index in [9.17, 15) is 0 Å². The van der Waals surface area contributed by atoms with Gasteiger partial charge in [0.05, 0.1) is 13.2 Å². The molecule has 1 aromatic rings. The summed E-state index contributed by atoms with van der Waals surface area (Å²) in [5, 5.41) is 3.40. The Morgan fingerprint density at radius 1 is 1.44 bits per heavy atom. The molecule has 0 saturated carbocycles. The third-order valence-electron chi connectivity index (χ3n) is 2.15. The molecule has 0 aromatic carbocycles. The SMILES string of the molecule is C=CCCOCc1ccc(CNCCC)s1. The Morgan fingerprint density at radius 3 is 3.00 bits per heavy atom. The lowest BCUT2D eigenvalue weighted by Gasteiger charge is -2.00. The van der Waals surface area contributed by atoms with Gasteiger partial charge in [-0.15, -0.1) is 17.9 Å². The summed E-state index contributed by atoms with van der Waals surface area (Å²) in [6.45, 7) is 9.41. The predicted molar refractivity (Wildman–Crippen MR) is 70.8 cm³/mol. The second kappa shape index (κ2) is 8.50. The van der Waals surface area contributed by atoms with Crippen LogP contribution < -0.4 is 5.32 Å². The molecule has 3 heteroatoms. The first-order valence-electron chi connectivity index (χ1n) is 5.83. The average Bonchev–Trinajstić information content (AvgIpc) is 2.73. The van der Waals surface area contributed by atoms with E-state index in [4.69, 9.17) is 4.74 Å². The molecule has 1 N–H and O–H groups in total. The lowest BCUT2D eigenvalue weighted by atomic mass is 10.4. The minimum atomic E-state index is 0.728. The van der Waals surface area contributed by atoms with Crippen LogP contribution in [-0.2, 0) is 17.9 Å². The number of nitrogens with one attached hydrogen (secondary N) is 1. The van der Waals surface area contributed by atoms with Crippen molar-refractivity contribution in [1.82, 2.24) is 5.32 Å². The fourth-order valence-corrected chi connectivity index (χ4v) is 2.25. The van der Waals surface area contributed by atoms with Gasteiger partial charge in [-0.2, -0.15) is 0 Å². The zero-order chi connectivity index (χ0) is 11.6. The van der Waals surface area contributed by atoms with Crippen LogP contribution in [0.25, 0.3) is 0 Å². The van der Waals surface area contributed by atoms with Crippen LogP contribution in [0.15, 0.2) is 24.8 Å². The monoisotopic (exact) mass is 239 g/mol. The lowest BCUT2D eigenvalue weighted by molar-refractivity contribution is 0.127. The van der Waals surface area contributed by atoms with Crippen LogP contribution in [0.1, 0.15) is 29.5 Å². The highest BCUT2D eigenvalue weighted by molar-refractivity contribution is 7.11. The summed E-state index contributed by atoms with van der Waals surface area (Å²) in [7, 11) is 0. The normalized spacial score (nSPS) is 10.6. The maximum atomic E-state index is 5.52. The van der Waals surface area contributed by atoms with Gasteiger partial charge in [-0.05, 0) is 31.5 Å². The first-order valence-corrected chi connectivity index (χ1v) is 6.65. The molecule has 0 saturated heterocycles. The van der Waals surface area contributed by atoms with Crippen LogP contribution in [-0.4, -0.2) is 13.2 Å². The van der Waals surface area contributed by atoms with Crippen molar-refractivity contribution >= 4 is 11.3 Å². The van der Waals surface area contributed by atoms with Gasteiger partial charge in [-0.1, -0.05) is 13.0 Å². The highest BCUT2D eigenvalue weighted by Gasteiger charge is 1.99. The van der Waals surface area contributed by atoms with Gasteiger partial charge in [0, 0.05) is 16.3 Å². The molecule has 0 aliphatic carbocycles. The predicted octanol–water partition coefficient (Wildman–Crippen LogP) is 3.34. The van der Waals surface area contributed by atoms with Crippen LogP contribution in [0.3, 0.4) is 0 Å². The van der Waals surface area contributed by atoms with Gasteiger partial charge in [0.15, 0.2) is 0 Å². The molecule has 0 radical (unpaired) electrons. The molecule has 0 amide bonds. The third-order valence-corrected chi connectivity index (χ3v) is 3.21. The first kappa shape index (κ1) is 13.4. The van der Waals surface area contributed by atoms with Crippen molar-refractivity contribution in [3.05, 3.63) is 34.5 Å². The molecule has 1 aromatic heterocycles. The number of ether oxygens (including phenoxy) is 1. The van der Waals surface area contributed by atoms with Crippen molar-refractivity contribution < 1.29 is 4.74 Å². The topological polar surface area (TPSA) is 21.3 Å². The summed E-state index contributed by atoms with van der Waals surface area (Å²) in [5.74, 6) is 0. The van der Waals surface area contributed by atoms with E-state index >= 15 is 0 Å². The Hall–Kier alpha value is -0.640. The van der Waals surface area contributed by atoms with Crippen molar-refractivity contribution in [3.8, 4) is 0 Å². The molecule has 0 fully saturated rings. The van der Waals surface area contributed by atoms with E-state index in [0.717, 1.165) is 32.7 Å². The van der Waals surface area contributed by atoms with E-state index in [2.05, 4.69) is 31.0 Å². The number of hydrogen-bond acceptors (Lipinski definition) is 3. The molecular formula is C13H21NOS. The Kier molecular flexibility index (Phi) is 7.14. The van der Waals surface area contributed by atoms with E-state index in [1.54, 1.807) is 0 Å². The second-order valence-electron chi connectivity index (χ2n) is 3.67. The van der Waals surface area contributed by atoms with Crippen molar-refractivity contribution in [2.24, 2.45) is 0 Å². The fourth-order valence-electron chi connectivity index (χ4n) is 1.32. The molecule has 1 rings (SSSR count). The summed E-state index contributed by atoms with van der Waals surface area (Å²) < 4.78 is 5.52. The summed E-state index contributed by atoms with van der Waals surface area (Å²) in [6, 6.07) is 4.33. The van der Waals surface area contributed by atoms with Crippen molar-refractivity contribution in [2.75, 3.05) is 13.2 Å². The van der Waals surface area contributed by atoms with Gasteiger partial charge in [0.2, 0.25) is 0 Å². The summed E-state index contributed by atoms with van der Waals surface area (Å²) in [5.41, 5.74) is 0. The van der Waals surface area contributed by atoms with Gasteiger partial charge in [-0.25, -0.2) is 0 Å². The molecule has 90 valence electrons. The lowest BCUT2D eigenvalue weighted by Crippen LogP contribution is -2.12. The van der Waals surface area contributed by atoms with E-state index in [-0.39, 0.29) is 0 Å². The molecule has 0 unspecified atom stereocenters. The van der Waals surface area contributed by atoms with Crippen LogP contribution in [0.4, 0.5) is 0 Å². The molecule has 0 atom stereocenters. The minimum Gasteiger partial charge on any atom is -0.376 e. The van der Waals surface area contributed by atoms with Crippen molar-refractivity contribution in [3.63, 3.8) is 0 Å². The second-order valence-corrected chi connectivity index (χ2v) is 4.93. The number of thiophene rings is 1. The zero-order valence-electron chi connectivity index (χ0n) is 10.00. The van der Waals surface area contributed by atoms with Gasteiger partial charge in [-0.3, -0.25) is 0 Å². The van der Waals surface area contributed by atoms with Gasteiger partial charge < -0.3 is 10.1 Å². The number of hydrogen-bond donors (Lipinski definition) is 1. The Bertz CT molecular complexity index is 296. The average molecular weight is 239 g/mol. The molecule has 0 spiro atoms. The van der Waals surface area contributed by atoms with Crippen LogP contribution in [0.5, 0.6) is 0 Å². The fraction of sp³-hybridized carbons (Fsp3) is 0.538. The molecule has 1 heterocycles. The molecule has 2 nitrogen and oxygen atoms in total. The van der Waals surface area contributed by atoms with Gasteiger partial charge in [0.25, 0.3) is 0 Å². The summed E-state index contributed by atoms with van der Waals surface area (Å²) >= 11 is 1.83. The third kappa shape index (κ3) is 5.45. The molecule has 0 bridgehead atoms. The molecular weight excluding hydrogens is 218 g/mol. The van der Waals surface area contributed by atoms with E-state index < -0.39 is 0 Å². The Labute approximate surface area is 102 Å². The highest BCUT2D eigenvalue weighted by Crippen LogP contribution is 2.17. The van der Waals surface area contributed by atoms with Crippen molar-refractivity contribution in [1.29, 1.82) is 0 Å². The number of rotatable bonds is 9. The van der Waals surface area contributed by atoms with Crippen LogP contribution in [0.2, 0.25) is 0 Å². The Balaban J connectivity index is 2.20. The van der Waals surface area contributed by atoms with Gasteiger partial charge in [0.1, 0.15) is 0 Å². The molecule has 0 aliphatic heterocycles. The minimum absolute atomic E-state index is 0.728. The summed E-state index contributed by atoms with van der Waals surface area (Å²) in [6.07, 6.45) is 3.99. The largest absolute Gasteiger partial charge is 0.376 e. The van der Waals surface area contributed by atoms with Gasteiger partial charge >= 0.3 is 0 Å². The van der Waals surface area contributed by atoms with E-state index in [0.29, 0.717) is 0 Å². The summed E-state index contributed by atoms with van der Waals surface area (Å²) in [4.78, 5) is 2.69. The molecule has 16 heavy (non-hydrogen) atoms. The van der Waals surface area contributed by atoms with Crippen LogP contribution >= 0.6 is 11.3 Å². The van der Waals surface area contributed by atoms with Crippen LogP contribution in [0, 0.1) is 0 Å². The van der Waals surface area contributed by atoms with E-state index in [1.807, 2.05) is 17.4 Å². The quantitative estimate of drug-likeness (QED) is 0.527. The maximum absolute atomic E-state index is 5.52. The zero-order valence-corrected chi connectivity index (χ0v) is 10.8. The smallest absolute Gasteiger partial charge is 0.0809 e. The maximum Gasteiger partial charge on any atom is 0.0809 e. The standard InChI is InChI=1S/C13H21NOS/c1-3-5-9-15-11-13-7-6-12(16-13)10-14-8-4-2/h3,6-7,14H,1,4-5,8-11H2,2H3.